The molecule has 32 heavy (non-hydrogen) atoms. The molecular formula is C26H37N3O3. The molecule has 0 fully saturated rings. The molecular weight excluding hydrogens is 402 g/mol. The second-order valence-electron chi connectivity index (χ2n) is 8.73. The van der Waals surface area contributed by atoms with Gasteiger partial charge in [0.1, 0.15) is 0 Å². The van der Waals surface area contributed by atoms with E-state index in [9.17, 15) is 14.7 Å². The quantitative estimate of drug-likeness (QED) is 0.557. The highest BCUT2D eigenvalue weighted by Crippen LogP contribution is 2.38. The molecule has 6 heteroatoms. The average Bonchev–Trinajstić information content (AvgIpc) is 2.78. The van der Waals surface area contributed by atoms with E-state index in [1.54, 1.807) is 19.3 Å². The predicted molar refractivity (Wildman–Crippen MR) is 127 cm³/mol. The van der Waals surface area contributed by atoms with Gasteiger partial charge in [0.25, 0.3) is 0 Å². The Morgan fingerprint density at radius 1 is 1.03 bits per heavy atom. The fraction of sp³-hybridized carbons (Fsp3) is 0.500. The van der Waals surface area contributed by atoms with Crippen LogP contribution in [0, 0.1) is 0 Å². The van der Waals surface area contributed by atoms with Crippen LogP contribution in [0.2, 0.25) is 0 Å². The number of amides is 2. The first-order chi connectivity index (χ1) is 15.3. The van der Waals surface area contributed by atoms with Gasteiger partial charge in [-0.25, -0.2) is 0 Å². The van der Waals surface area contributed by atoms with Crippen molar-refractivity contribution >= 4 is 11.8 Å². The van der Waals surface area contributed by atoms with Gasteiger partial charge < -0.3 is 15.3 Å². The van der Waals surface area contributed by atoms with Crippen molar-refractivity contribution in [2.45, 2.75) is 77.5 Å². The number of hydrogen-bond acceptors (Lipinski definition) is 4. The summed E-state index contributed by atoms with van der Waals surface area (Å²) in [5, 5.41) is 12.4. The molecule has 2 N–H and O–H groups in total. The summed E-state index contributed by atoms with van der Waals surface area (Å²) in [6.45, 7) is 9.99. The Morgan fingerprint density at radius 2 is 1.69 bits per heavy atom. The van der Waals surface area contributed by atoms with E-state index in [-0.39, 0.29) is 42.8 Å². The van der Waals surface area contributed by atoms with Crippen LogP contribution in [0.15, 0.2) is 54.9 Å². The van der Waals surface area contributed by atoms with Gasteiger partial charge in [0.15, 0.2) is 0 Å². The highest BCUT2D eigenvalue weighted by Gasteiger charge is 2.37. The molecule has 0 radical (unpaired) electrons. The van der Waals surface area contributed by atoms with Gasteiger partial charge in [0.05, 0.1) is 12.0 Å². The largest absolute Gasteiger partial charge is 0.392 e. The first kappa shape index (κ1) is 25.5. The fourth-order valence-electron chi connectivity index (χ4n) is 4.11. The normalized spacial score (nSPS) is 15.0. The van der Waals surface area contributed by atoms with Crippen molar-refractivity contribution in [1.82, 2.24) is 15.2 Å². The van der Waals surface area contributed by atoms with Crippen molar-refractivity contribution in [3.63, 3.8) is 0 Å². The van der Waals surface area contributed by atoms with E-state index in [0.717, 1.165) is 17.5 Å². The number of nitrogens with zero attached hydrogens (tertiary/aromatic N) is 2. The van der Waals surface area contributed by atoms with Crippen molar-refractivity contribution in [2.75, 3.05) is 6.54 Å². The van der Waals surface area contributed by atoms with Gasteiger partial charge in [-0.05, 0) is 51.3 Å². The van der Waals surface area contributed by atoms with Crippen LogP contribution >= 0.6 is 0 Å². The van der Waals surface area contributed by atoms with Crippen molar-refractivity contribution in [3.05, 3.63) is 66.0 Å². The minimum atomic E-state index is -0.633. The number of aliphatic hydroxyl groups is 1. The molecule has 0 spiro atoms. The lowest BCUT2D eigenvalue weighted by molar-refractivity contribution is -0.137. The number of aromatic nitrogens is 1. The van der Waals surface area contributed by atoms with Crippen molar-refractivity contribution in [3.8, 4) is 0 Å². The highest BCUT2D eigenvalue weighted by molar-refractivity contribution is 5.87. The number of carbonyl (C=O) groups is 2. The number of nitrogens with one attached hydrogen (secondary N) is 1. The molecule has 0 aliphatic heterocycles. The molecule has 174 valence electrons. The van der Waals surface area contributed by atoms with E-state index in [1.165, 1.54) is 0 Å². The van der Waals surface area contributed by atoms with Crippen LogP contribution < -0.4 is 5.32 Å². The molecule has 1 heterocycles. The van der Waals surface area contributed by atoms with Gasteiger partial charge >= 0.3 is 0 Å². The Hall–Kier alpha value is -2.73. The summed E-state index contributed by atoms with van der Waals surface area (Å²) in [6, 6.07) is 13.5. The molecule has 4 atom stereocenters. The second kappa shape index (κ2) is 12.3. The van der Waals surface area contributed by atoms with Crippen LogP contribution in [0.1, 0.15) is 70.4 Å². The maximum atomic E-state index is 14.1. The summed E-state index contributed by atoms with van der Waals surface area (Å²) >= 11 is 0. The van der Waals surface area contributed by atoms with Gasteiger partial charge in [-0.3, -0.25) is 14.6 Å². The predicted octanol–water partition coefficient (Wildman–Crippen LogP) is 3.87. The average molecular weight is 440 g/mol. The zero-order valence-electron chi connectivity index (χ0n) is 19.9. The van der Waals surface area contributed by atoms with Crippen LogP contribution in [-0.4, -0.2) is 51.5 Å². The van der Waals surface area contributed by atoms with Crippen LogP contribution in [0.4, 0.5) is 0 Å². The van der Waals surface area contributed by atoms with Crippen molar-refractivity contribution < 1.29 is 14.7 Å². The first-order valence-corrected chi connectivity index (χ1v) is 11.5. The standard InChI is InChI=1S/C26H37N3O3/c1-6-19(4)29(18(2)3)26(32)25(22-13-10-14-27-17-22)23(21-11-8-7-9-12-21)15-24(31)28-16-20(5)30/h7-14,17-20,23,25,30H,6,15-16H2,1-5H3,(H,28,31). The first-order valence-electron chi connectivity index (χ1n) is 11.5. The summed E-state index contributed by atoms with van der Waals surface area (Å²) in [6.07, 6.45) is 3.75. The zero-order valence-corrected chi connectivity index (χ0v) is 19.9. The number of carbonyl (C=O) groups excluding carboxylic acids is 2. The van der Waals surface area contributed by atoms with E-state index in [0.29, 0.717) is 0 Å². The maximum absolute atomic E-state index is 14.1. The molecule has 0 bridgehead atoms. The highest BCUT2D eigenvalue weighted by atomic mass is 16.3. The van der Waals surface area contributed by atoms with Gasteiger partial charge in [-0.15, -0.1) is 0 Å². The van der Waals surface area contributed by atoms with Crippen molar-refractivity contribution in [1.29, 1.82) is 0 Å². The molecule has 1 aromatic carbocycles. The number of pyridine rings is 1. The van der Waals surface area contributed by atoms with Gasteiger partial charge in [-0.2, -0.15) is 0 Å². The summed E-state index contributed by atoms with van der Waals surface area (Å²) in [5.74, 6) is -1.12. The molecule has 0 saturated carbocycles. The lowest BCUT2D eigenvalue weighted by Crippen LogP contribution is -2.47. The minimum Gasteiger partial charge on any atom is -0.392 e. The van der Waals surface area contributed by atoms with E-state index in [2.05, 4.69) is 24.1 Å². The minimum absolute atomic E-state index is 0.000436. The number of hydrogen-bond donors (Lipinski definition) is 2. The zero-order chi connectivity index (χ0) is 23.7. The van der Waals surface area contributed by atoms with E-state index < -0.39 is 12.0 Å². The number of aliphatic hydroxyl groups excluding tert-OH is 1. The molecule has 0 aliphatic rings. The van der Waals surface area contributed by atoms with E-state index in [1.807, 2.05) is 61.2 Å². The lowest BCUT2D eigenvalue weighted by Gasteiger charge is -2.38. The summed E-state index contributed by atoms with van der Waals surface area (Å²) in [4.78, 5) is 33.1. The fourth-order valence-corrected chi connectivity index (χ4v) is 4.11. The Balaban J connectivity index is 2.54. The third-order valence-corrected chi connectivity index (χ3v) is 5.82. The molecule has 2 amide bonds. The maximum Gasteiger partial charge on any atom is 0.231 e. The Bertz CT molecular complexity index is 840. The van der Waals surface area contributed by atoms with Crippen molar-refractivity contribution in [2.24, 2.45) is 0 Å². The number of rotatable bonds is 11. The molecule has 1 aromatic heterocycles. The number of benzene rings is 1. The van der Waals surface area contributed by atoms with E-state index in [4.69, 9.17) is 0 Å². The molecule has 2 aromatic rings. The van der Waals surface area contributed by atoms with Gasteiger partial charge in [-0.1, -0.05) is 43.3 Å². The molecule has 0 saturated heterocycles. The van der Waals surface area contributed by atoms with E-state index >= 15 is 0 Å². The third kappa shape index (κ3) is 6.89. The summed E-state index contributed by atoms with van der Waals surface area (Å²) < 4.78 is 0. The van der Waals surface area contributed by atoms with Crippen LogP contribution in [0.3, 0.4) is 0 Å². The Labute approximate surface area is 192 Å². The Morgan fingerprint density at radius 3 is 2.22 bits per heavy atom. The molecule has 0 aliphatic carbocycles. The van der Waals surface area contributed by atoms with Gasteiger partial charge in [0, 0.05) is 43.4 Å². The van der Waals surface area contributed by atoms with Crippen LogP contribution in [0.5, 0.6) is 0 Å². The van der Waals surface area contributed by atoms with Gasteiger partial charge in [0.2, 0.25) is 11.8 Å². The topological polar surface area (TPSA) is 82.5 Å². The molecule has 4 unspecified atom stereocenters. The third-order valence-electron chi connectivity index (χ3n) is 5.82. The smallest absolute Gasteiger partial charge is 0.231 e. The van der Waals surface area contributed by atoms with Crippen LogP contribution in [-0.2, 0) is 9.59 Å². The lowest BCUT2D eigenvalue weighted by atomic mass is 9.78. The Kier molecular flexibility index (Phi) is 9.85. The molecule has 2 rings (SSSR count). The summed E-state index contributed by atoms with van der Waals surface area (Å²) in [5.41, 5.74) is 1.72. The monoisotopic (exact) mass is 439 g/mol. The summed E-state index contributed by atoms with van der Waals surface area (Å²) in [7, 11) is 0. The van der Waals surface area contributed by atoms with Crippen LogP contribution in [0.25, 0.3) is 0 Å². The second-order valence-corrected chi connectivity index (χ2v) is 8.73. The SMILES string of the molecule is CCC(C)N(C(=O)C(c1cccnc1)C(CC(=O)NCC(C)O)c1ccccc1)C(C)C. The molecule has 6 nitrogen and oxygen atoms in total.